The van der Waals surface area contributed by atoms with E-state index in [1.54, 1.807) is 24.7 Å². The van der Waals surface area contributed by atoms with Crippen molar-refractivity contribution in [3.63, 3.8) is 0 Å². The standard InChI is InChI=1S/C24H25FN8/c25-19-6-10-32(15-19)16-21-4-3-20(14-28-21)30-24-27-7-5-22(31-24)18-11-17(12-26)23(29-13-18)33-8-1-2-9-33/h3-5,7,11,13-14,19H,1-2,6,8-10,15-16H2,(H,27,30,31)/t19-/m0/s1. The van der Waals surface area contributed by atoms with E-state index in [9.17, 15) is 9.65 Å². The van der Waals surface area contributed by atoms with Crippen molar-refractivity contribution in [2.75, 3.05) is 36.4 Å². The lowest BCUT2D eigenvalue weighted by Gasteiger charge is -2.18. The zero-order chi connectivity index (χ0) is 22.6. The highest BCUT2D eigenvalue weighted by atomic mass is 19.1. The fourth-order valence-electron chi connectivity index (χ4n) is 4.32. The molecular formula is C24H25FN8. The molecule has 33 heavy (non-hydrogen) atoms. The summed E-state index contributed by atoms with van der Waals surface area (Å²) in [7, 11) is 0. The van der Waals surface area contributed by atoms with Crippen LogP contribution in [0.3, 0.4) is 0 Å². The van der Waals surface area contributed by atoms with Crippen molar-refractivity contribution in [1.29, 1.82) is 5.26 Å². The van der Waals surface area contributed by atoms with Crippen molar-refractivity contribution in [3.05, 3.63) is 54.1 Å². The van der Waals surface area contributed by atoms with Crippen LogP contribution in [0.25, 0.3) is 11.3 Å². The Morgan fingerprint density at radius 1 is 1.09 bits per heavy atom. The molecule has 5 rings (SSSR count). The third-order valence-electron chi connectivity index (χ3n) is 6.03. The summed E-state index contributed by atoms with van der Waals surface area (Å²) in [5, 5.41) is 12.8. The average Bonchev–Trinajstić information content (AvgIpc) is 3.52. The minimum absolute atomic E-state index is 0.434. The molecule has 0 aromatic carbocycles. The molecule has 0 aliphatic carbocycles. The molecule has 8 nitrogen and oxygen atoms in total. The van der Waals surface area contributed by atoms with E-state index in [4.69, 9.17) is 0 Å². The van der Waals surface area contributed by atoms with Gasteiger partial charge in [-0.15, -0.1) is 0 Å². The molecule has 0 saturated carbocycles. The van der Waals surface area contributed by atoms with Crippen LogP contribution in [0, 0.1) is 11.3 Å². The lowest BCUT2D eigenvalue weighted by atomic mass is 10.1. The Kier molecular flexibility index (Phi) is 6.09. The van der Waals surface area contributed by atoms with Gasteiger partial charge in [0.1, 0.15) is 18.1 Å². The minimum Gasteiger partial charge on any atom is -0.356 e. The fourth-order valence-corrected chi connectivity index (χ4v) is 4.32. The molecule has 1 N–H and O–H groups in total. The van der Waals surface area contributed by atoms with Gasteiger partial charge in [-0.25, -0.2) is 19.3 Å². The molecule has 2 fully saturated rings. The number of alkyl halides is 1. The molecule has 5 heterocycles. The van der Waals surface area contributed by atoms with E-state index in [2.05, 4.69) is 41.1 Å². The molecule has 168 valence electrons. The van der Waals surface area contributed by atoms with E-state index in [1.165, 1.54) is 0 Å². The summed E-state index contributed by atoms with van der Waals surface area (Å²) in [6.45, 7) is 3.76. The molecule has 1 atom stereocenters. The third kappa shape index (κ3) is 4.91. The monoisotopic (exact) mass is 444 g/mol. The van der Waals surface area contributed by atoms with Crippen LogP contribution in [0.1, 0.15) is 30.5 Å². The second-order valence-electron chi connectivity index (χ2n) is 8.45. The molecule has 0 spiro atoms. The maximum absolute atomic E-state index is 13.4. The van der Waals surface area contributed by atoms with E-state index in [1.807, 2.05) is 18.2 Å². The van der Waals surface area contributed by atoms with Crippen LogP contribution >= 0.6 is 0 Å². The normalized spacial score (nSPS) is 18.4. The van der Waals surface area contributed by atoms with Crippen molar-refractivity contribution in [2.45, 2.75) is 32.0 Å². The summed E-state index contributed by atoms with van der Waals surface area (Å²) in [6.07, 6.45) is 7.29. The van der Waals surface area contributed by atoms with Crippen LogP contribution in [0.5, 0.6) is 0 Å². The van der Waals surface area contributed by atoms with Gasteiger partial charge < -0.3 is 10.2 Å². The van der Waals surface area contributed by atoms with E-state index >= 15 is 0 Å². The first kappa shape index (κ1) is 21.2. The van der Waals surface area contributed by atoms with Gasteiger partial charge in [0.25, 0.3) is 0 Å². The molecule has 3 aromatic heterocycles. The first-order valence-electron chi connectivity index (χ1n) is 11.2. The lowest BCUT2D eigenvalue weighted by molar-refractivity contribution is 0.280. The molecule has 0 bridgehead atoms. The van der Waals surface area contributed by atoms with Crippen LogP contribution in [-0.4, -0.2) is 57.2 Å². The number of likely N-dealkylation sites (tertiary alicyclic amines) is 1. The zero-order valence-corrected chi connectivity index (χ0v) is 18.3. The van der Waals surface area contributed by atoms with Crippen molar-refractivity contribution < 1.29 is 4.39 Å². The Bertz CT molecular complexity index is 1150. The Hall–Kier alpha value is -3.64. The molecule has 2 aliphatic heterocycles. The highest BCUT2D eigenvalue weighted by Crippen LogP contribution is 2.27. The summed E-state index contributed by atoms with van der Waals surface area (Å²) in [5.41, 5.74) is 3.67. The van der Waals surface area contributed by atoms with Gasteiger partial charge in [-0.05, 0) is 43.5 Å². The van der Waals surface area contributed by atoms with E-state index < -0.39 is 6.17 Å². The van der Waals surface area contributed by atoms with E-state index in [-0.39, 0.29) is 0 Å². The molecule has 2 saturated heterocycles. The molecule has 0 amide bonds. The van der Waals surface area contributed by atoms with E-state index in [0.29, 0.717) is 36.7 Å². The minimum atomic E-state index is -0.730. The Morgan fingerprint density at radius 3 is 2.70 bits per heavy atom. The number of nitrogens with one attached hydrogen (secondary N) is 1. The van der Waals surface area contributed by atoms with Gasteiger partial charge in [0.2, 0.25) is 5.95 Å². The van der Waals surface area contributed by atoms with Crippen molar-refractivity contribution in [3.8, 4) is 17.3 Å². The predicted molar refractivity (Wildman–Crippen MR) is 124 cm³/mol. The zero-order valence-electron chi connectivity index (χ0n) is 18.3. The Morgan fingerprint density at radius 2 is 1.97 bits per heavy atom. The number of aromatic nitrogens is 4. The number of nitriles is 1. The molecule has 0 unspecified atom stereocenters. The van der Waals surface area contributed by atoms with E-state index in [0.717, 1.165) is 55.2 Å². The summed E-state index contributed by atoms with van der Waals surface area (Å²) in [6, 6.07) is 9.76. The summed E-state index contributed by atoms with van der Waals surface area (Å²) in [4.78, 5) is 22.2. The first-order chi connectivity index (χ1) is 16.2. The highest BCUT2D eigenvalue weighted by Gasteiger charge is 2.22. The van der Waals surface area contributed by atoms with Gasteiger partial charge in [-0.2, -0.15) is 5.26 Å². The largest absolute Gasteiger partial charge is 0.356 e. The van der Waals surface area contributed by atoms with Crippen LogP contribution in [0.4, 0.5) is 21.8 Å². The summed E-state index contributed by atoms with van der Waals surface area (Å²) in [5.74, 6) is 1.18. The first-order valence-corrected chi connectivity index (χ1v) is 11.2. The molecule has 2 aliphatic rings. The van der Waals surface area contributed by atoms with Crippen LogP contribution in [0.15, 0.2) is 42.9 Å². The van der Waals surface area contributed by atoms with Crippen LogP contribution < -0.4 is 10.2 Å². The third-order valence-corrected chi connectivity index (χ3v) is 6.03. The van der Waals surface area contributed by atoms with Gasteiger partial charge in [0, 0.05) is 50.7 Å². The topological polar surface area (TPSA) is 93.9 Å². The van der Waals surface area contributed by atoms with Gasteiger partial charge in [0.05, 0.1) is 28.8 Å². The van der Waals surface area contributed by atoms with Crippen molar-refractivity contribution in [1.82, 2.24) is 24.8 Å². The van der Waals surface area contributed by atoms with Gasteiger partial charge in [-0.3, -0.25) is 9.88 Å². The number of hydrogen-bond acceptors (Lipinski definition) is 8. The SMILES string of the molecule is N#Cc1cc(-c2ccnc(Nc3ccc(CN4CC[C@H](F)C4)nc3)n2)cnc1N1CCCC1. The van der Waals surface area contributed by atoms with Crippen LogP contribution in [-0.2, 0) is 6.54 Å². The van der Waals surface area contributed by atoms with Gasteiger partial charge in [-0.1, -0.05) is 0 Å². The Labute approximate surface area is 192 Å². The molecule has 9 heteroatoms. The number of halogens is 1. The van der Waals surface area contributed by atoms with Gasteiger partial charge in [0.15, 0.2) is 0 Å². The molecular weight excluding hydrogens is 419 g/mol. The predicted octanol–water partition coefficient (Wildman–Crippen LogP) is 3.69. The summed E-state index contributed by atoms with van der Waals surface area (Å²) < 4.78 is 13.4. The van der Waals surface area contributed by atoms with Crippen molar-refractivity contribution in [2.24, 2.45) is 0 Å². The smallest absolute Gasteiger partial charge is 0.227 e. The molecule has 0 radical (unpaired) electrons. The number of pyridine rings is 2. The fraction of sp³-hybridized carbons (Fsp3) is 0.375. The van der Waals surface area contributed by atoms with Crippen molar-refractivity contribution >= 4 is 17.5 Å². The maximum atomic E-state index is 13.4. The van der Waals surface area contributed by atoms with Crippen LogP contribution in [0.2, 0.25) is 0 Å². The highest BCUT2D eigenvalue weighted by molar-refractivity contribution is 5.67. The lowest BCUT2D eigenvalue weighted by Crippen LogP contribution is -2.20. The number of rotatable bonds is 6. The van der Waals surface area contributed by atoms with Gasteiger partial charge >= 0.3 is 0 Å². The molecule has 3 aromatic rings. The average molecular weight is 445 g/mol. The summed E-state index contributed by atoms with van der Waals surface area (Å²) >= 11 is 0. The second-order valence-corrected chi connectivity index (χ2v) is 8.45. The number of anilines is 3. The quantitative estimate of drug-likeness (QED) is 0.615. The Balaban J connectivity index is 1.29. The second kappa shape index (κ2) is 9.46. The maximum Gasteiger partial charge on any atom is 0.227 e. The number of nitrogens with zero attached hydrogens (tertiary/aromatic N) is 7. The number of hydrogen-bond donors (Lipinski definition) is 1.